The molecule has 1 atom stereocenters. The number of fused-ring (bicyclic) bond motifs is 1. The first-order chi connectivity index (χ1) is 8.74. The van der Waals surface area contributed by atoms with Crippen molar-refractivity contribution in [2.45, 2.75) is 39.0 Å². The maximum Gasteiger partial charge on any atom is 0.234 e. The predicted octanol–water partition coefficient (Wildman–Crippen LogP) is 2.08. The molecule has 1 saturated heterocycles. The molecule has 0 spiro atoms. The second-order valence-electron chi connectivity index (χ2n) is 5.14. The van der Waals surface area contributed by atoms with Crippen molar-refractivity contribution in [3.05, 3.63) is 10.8 Å². The van der Waals surface area contributed by atoms with Gasteiger partial charge in [-0.25, -0.2) is 0 Å². The lowest BCUT2D eigenvalue weighted by Crippen LogP contribution is -2.33. The molecule has 0 amide bonds. The highest BCUT2D eigenvalue weighted by Gasteiger charge is 2.20. The van der Waals surface area contributed by atoms with Gasteiger partial charge in [-0.2, -0.15) is 9.61 Å². The van der Waals surface area contributed by atoms with E-state index in [0.29, 0.717) is 5.92 Å². The van der Waals surface area contributed by atoms with E-state index in [2.05, 4.69) is 27.1 Å². The van der Waals surface area contributed by atoms with Gasteiger partial charge in [-0.05, 0) is 32.9 Å². The predicted molar refractivity (Wildman–Crippen MR) is 72.1 cm³/mol. The molecule has 2 aromatic heterocycles. The SMILES string of the molecule is Cc1nn2c(C(C)CN3CCCCC3)nnc2s1. The molecular weight excluding hydrogens is 246 g/mol. The molecule has 1 unspecified atom stereocenters. The lowest BCUT2D eigenvalue weighted by molar-refractivity contribution is 0.216. The van der Waals surface area contributed by atoms with Crippen LogP contribution in [0.2, 0.25) is 0 Å². The Morgan fingerprint density at radius 3 is 2.78 bits per heavy atom. The molecule has 0 radical (unpaired) electrons. The van der Waals surface area contributed by atoms with Crippen molar-refractivity contribution in [1.29, 1.82) is 0 Å². The molecule has 3 rings (SSSR count). The molecule has 18 heavy (non-hydrogen) atoms. The lowest BCUT2D eigenvalue weighted by Gasteiger charge is -2.28. The number of aromatic nitrogens is 4. The Morgan fingerprint density at radius 1 is 1.22 bits per heavy atom. The number of aryl methyl sites for hydroxylation is 1. The standard InChI is InChI=1S/C12H19N5S/c1-9(8-16-6-4-3-5-7-16)11-13-14-12-17(11)15-10(2)18-12/h9H,3-8H2,1-2H3. The molecule has 0 aromatic carbocycles. The van der Waals surface area contributed by atoms with Gasteiger partial charge < -0.3 is 4.90 Å². The Kier molecular flexibility index (Phi) is 3.30. The first kappa shape index (κ1) is 12.0. The molecule has 0 saturated carbocycles. The summed E-state index contributed by atoms with van der Waals surface area (Å²) >= 11 is 1.60. The quantitative estimate of drug-likeness (QED) is 0.852. The van der Waals surface area contributed by atoms with Gasteiger partial charge in [0.1, 0.15) is 5.01 Å². The monoisotopic (exact) mass is 265 g/mol. The summed E-state index contributed by atoms with van der Waals surface area (Å²) in [4.78, 5) is 3.45. The summed E-state index contributed by atoms with van der Waals surface area (Å²) in [5, 5.41) is 14.0. The number of rotatable bonds is 3. The van der Waals surface area contributed by atoms with E-state index in [1.165, 1.54) is 32.4 Å². The van der Waals surface area contributed by atoms with Gasteiger partial charge in [0.2, 0.25) is 4.96 Å². The zero-order valence-electron chi connectivity index (χ0n) is 11.0. The summed E-state index contributed by atoms with van der Waals surface area (Å²) in [6.45, 7) is 7.75. The maximum atomic E-state index is 4.48. The highest BCUT2D eigenvalue weighted by atomic mass is 32.1. The first-order valence-corrected chi connectivity index (χ1v) is 7.47. The molecule has 6 heteroatoms. The molecule has 1 aliphatic rings. The maximum absolute atomic E-state index is 4.48. The summed E-state index contributed by atoms with van der Waals surface area (Å²) in [6.07, 6.45) is 4.04. The van der Waals surface area contributed by atoms with E-state index in [1.54, 1.807) is 11.3 Å². The van der Waals surface area contributed by atoms with E-state index in [1.807, 2.05) is 11.4 Å². The Balaban J connectivity index is 1.76. The van der Waals surface area contributed by atoms with Crippen LogP contribution in [0.25, 0.3) is 4.96 Å². The summed E-state index contributed by atoms with van der Waals surface area (Å²) in [5.74, 6) is 1.39. The second kappa shape index (κ2) is 4.93. The average molecular weight is 265 g/mol. The van der Waals surface area contributed by atoms with Crippen LogP contribution < -0.4 is 0 Å². The third-order valence-corrected chi connectivity index (χ3v) is 4.35. The van der Waals surface area contributed by atoms with E-state index in [4.69, 9.17) is 0 Å². The van der Waals surface area contributed by atoms with Crippen LogP contribution in [0, 0.1) is 6.92 Å². The van der Waals surface area contributed by atoms with Gasteiger partial charge in [0.15, 0.2) is 5.82 Å². The topological polar surface area (TPSA) is 46.3 Å². The Bertz CT molecular complexity index is 526. The largest absolute Gasteiger partial charge is 0.303 e. The minimum atomic E-state index is 0.389. The van der Waals surface area contributed by atoms with Crippen LogP contribution in [0.1, 0.15) is 42.9 Å². The van der Waals surface area contributed by atoms with Gasteiger partial charge in [0, 0.05) is 12.5 Å². The Hall–Kier alpha value is -1.01. The summed E-state index contributed by atoms with van der Waals surface area (Å²) in [6, 6.07) is 0. The van der Waals surface area contributed by atoms with Crippen LogP contribution in [0.3, 0.4) is 0 Å². The fourth-order valence-electron chi connectivity index (χ4n) is 2.65. The number of piperidine rings is 1. The van der Waals surface area contributed by atoms with E-state index in [9.17, 15) is 0 Å². The van der Waals surface area contributed by atoms with Crippen molar-refractivity contribution in [1.82, 2.24) is 24.7 Å². The van der Waals surface area contributed by atoms with E-state index >= 15 is 0 Å². The van der Waals surface area contributed by atoms with Crippen molar-refractivity contribution in [2.24, 2.45) is 0 Å². The summed E-state index contributed by atoms with van der Waals surface area (Å²) < 4.78 is 1.91. The van der Waals surface area contributed by atoms with Gasteiger partial charge >= 0.3 is 0 Å². The molecule has 1 aliphatic heterocycles. The molecule has 0 bridgehead atoms. The van der Waals surface area contributed by atoms with Gasteiger partial charge in [0.05, 0.1) is 0 Å². The second-order valence-corrected chi connectivity index (χ2v) is 6.30. The fraction of sp³-hybridized carbons (Fsp3) is 0.750. The molecular formula is C12H19N5S. The number of hydrogen-bond acceptors (Lipinski definition) is 5. The van der Waals surface area contributed by atoms with Crippen molar-refractivity contribution in [3.63, 3.8) is 0 Å². The number of nitrogens with zero attached hydrogens (tertiary/aromatic N) is 5. The van der Waals surface area contributed by atoms with Crippen LogP contribution in [0.15, 0.2) is 0 Å². The minimum absolute atomic E-state index is 0.389. The van der Waals surface area contributed by atoms with Crippen LogP contribution in [0.5, 0.6) is 0 Å². The van der Waals surface area contributed by atoms with Crippen LogP contribution in [-0.4, -0.2) is 44.3 Å². The van der Waals surface area contributed by atoms with Crippen LogP contribution >= 0.6 is 11.3 Å². The normalized spacial score (nSPS) is 19.4. The third kappa shape index (κ3) is 2.27. The fourth-order valence-corrected chi connectivity index (χ4v) is 3.34. The number of likely N-dealkylation sites (tertiary alicyclic amines) is 1. The molecule has 5 nitrogen and oxygen atoms in total. The highest BCUT2D eigenvalue weighted by Crippen LogP contribution is 2.20. The smallest absolute Gasteiger partial charge is 0.234 e. The van der Waals surface area contributed by atoms with Gasteiger partial charge in [0.25, 0.3) is 0 Å². The highest BCUT2D eigenvalue weighted by molar-refractivity contribution is 7.16. The molecule has 1 fully saturated rings. The molecule has 0 N–H and O–H groups in total. The van der Waals surface area contributed by atoms with Crippen molar-refractivity contribution in [2.75, 3.05) is 19.6 Å². The van der Waals surface area contributed by atoms with Crippen LogP contribution in [-0.2, 0) is 0 Å². The van der Waals surface area contributed by atoms with Gasteiger partial charge in [-0.3, -0.25) is 0 Å². The van der Waals surface area contributed by atoms with Gasteiger partial charge in [-0.1, -0.05) is 24.7 Å². The summed E-state index contributed by atoms with van der Waals surface area (Å²) in [5.41, 5.74) is 0. The zero-order chi connectivity index (χ0) is 12.5. The molecule has 3 heterocycles. The number of hydrogen-bond donors (Lipinski definition) is 0. The third-order valence-electron chi connectivity index (χ3n) is 3.54. The lowest BCUT2D eigenvalue weighted by atomic mass is 10.1. The van der Waals surface area contributed by atoms with E-state index < -0.39 is 0 Å². The zero-order valence-corrected chi connectivity index (χ0v) is 11.8. The van der Waals surface area contributed by atoms with E-state index in [0.717, 1.165) is 22.3 Å². The minimum Gasteiger partial charge on any atom is -0.303 e. The Morgan fingerprint density at radius 2 is 2.00 bits per heavy atom. The molecule has 0 aliphatic carbocycles. The first-order valence-electron chi connectivity index (χ1n) is 6.65. The van der Waals surface area contributed by atoms with Crippen LogP contribution in [0.4, 0.5) is 0 Å². The van der Waals surface area contributed by atoms with Crippen molar-refractivity contribution < 1.29 is 0 Å². The van der Waals surface area contributed by atoms with Crippen molar-refractivity contribution in [3.8, 4) is 0 Å². The molecule has 2 aromatic rings. The average Bonchev–Trinajstić information content (AvgIpc) is 2.88. The van der Waals surface area contributed by atoms with E-state index in [-0.39, 0.29) is 0 Å². The van der Waals surface area contributed by atoms with Crippen molar-refractivity contribution >= 4 is 16.3 Å². The van der Waals surface area contributed by atoms with Gasteiger partial charge in [-0.15, -0.1) is 10.2 Å². The molecule has 98 valence electrons. The summed E-state index contributed by atoms with van der Waals surface area (Å²) in [7, 11) is 0. The Labute approximate surface area is 111 Å².